The first-order valence-corrected chi connectivity index (χ1v) is 21.9. The number of nitrogens with two attached hydrogens (primary N) is 1. The molecule has 86 valence electrons. The molecule has 0 fully saturated rings. The molecule has 0 aliphatic carbocycles. The molecule has 0 radical (unpaired) electrons. The van der Waals surface area contributed by atoms with E-state index < -0.39 is 11.6 Å². The average Bonchev–Trinajstić information content (AvgIpc) is 2.22. The van der Waals surface area contributed by atoms with E-state index in [1.165, 1.54) is 0 Å². The average molecular weight is 588 g/mol. The number of halogens is 4. The first kappa shape index (κ1) is 13.6. The molecule has 0 unspecified atom stereocenters. The second-order valence-corrected chi connectivity index (χ2v) is 44.7. The Labute approximate surface area is 124 Å². The third kappa shape index (κ3) is 2.62. The van der Waals surface area contributed by atoms with Gasteiger partial charge < -0.3 is 0 Å². The summed E-state index contributed by atoms with van der Waals surface area (Å²) in [5.41, 5.74) is 7.05. The zero-order valence-corrected chi connectivity index (χ0v) is 16.6. The van der Waals surface area contributed by atoms with Gasteiger partial charge in [-0.2, -0.15) is 0 Å². The molecule has 0 aliphatic rings. The van der Waals surface area contributed by atoms with Crippen LogP contribution in [0.2, 0.25) is 0 Å². The molecular weight excluding hydrogens is 581 g/mol. The summed E-state index contributed by atoms with van der Waals surface area (Å²) in [4.78, 5) is 0. The van der Waals surface area contributed by atoms with Crippen molar-refractivity contribution in [2.24, 2.45) is 0 Å². The molecular formula is C10H7Br4NTe. The van der Waals surface area contributed by atoms with Gasteiger partial charge in [0, 0.05) is 0 Å². The molecule has 2 aromatic carbocycles. The molecule has 0 saturated heterocycles. The van der Waals surface area contributed by atoms with Gasteiger partial charge in [0.05, 0.1) is 0 Å². The quantitative estimate of drug-likeness (QED) is 0.385. The van der Waals surface area contributed by atoms with Gasteiger partial charge in [0.1, 0.15) is 0 Å². The van der Waals surface area contributed by atoms with E-state index in [-0.39, 0.29) is 0 Å². The molecule has 0 bridgehead atoms. The minimum absolute atomic E-state index is 0.839. The maximum absolute atomic E-state index is 6.21. The Morgan fingerprint density at radius 2 is 1.56 bits per heavy atom. The molecule has 0 spiro atoms. The molecule has 0 amide bonds. The van der Waals surface area contributed by atoms with Crippen LogP contribution in [0.4, 0.5) is 5.69 Å². The Balaban J connectivity index is 2.86. The van der Waals surface area contributed by atoms with E-state index in [2.05, 4.69) is 66.3 Å². The van der Waals surface area contributed by atoms with E-state index in [4.69, 9.17) is 5.73 Å². The summed E-state index contributed by atoms with van der Waals surface area (Å²) < 4.78 is 2.20. The molecule has 2 rings (SSSR count). The van der Waals surface area contributed by atoms with Crippen LogP contribution in [0.15, 0.2) is 34.8 Å². The Morgan fingerprint density at radius 3 is 2.12 bits per heavy atom. The standard InChI is InChI=1S/C10H7Br4NTe/c11-8-5-9(16(12,13)14)10(15)7-4-2-1-3-6(7)8/h1-5H,15H2. The first-order valence-electron chi connectivity index (χ1n) is 4.30. The number of anilines is 1. The van der Waals surface area contributed by atoms with Crippen molar-refractivity contribution in [1.29, 1.82) is 0 Å². The monoisotopic (exact) mass is 587 g/mol. The second kappa shape index (κ2) is 5.06. The summed E-state index contributed by atoms with van der Waals surface area (Å²) in [6, 6.07) is 10.2. The van der Waals surface area contributed by atoms with Crippen LogP contribution < -0.4 is 9.35 Å². The van der Waals surface area contributed by atoms with Crippen LogP contribution in [-0.4, -0.2) is 11.6 Å². The molecule has 16 heavy (non-hydrogen) atoms. The summed E-state index contributed by atoms with van der Waals surface area (Å²) in [7, 11) is 0. The molecule has 0 heterocycles. The zero-order valence-electron chi connectivity index (χ0n) is 7.88. The summed E-state index contributed by atoms with van der Waals surface area (Å²) in [5.74, 6) is 0. The van der Waals surface area contributed by atoms with Crippen molar-refractivity contribution in [2.45, 2.75) is 0 Å². The predicted octanol–water partition coefficient (Wildman–Crippen LogP) is 4.52. The predicted molar refractivity (Wildman–Crippen MR) is 88.2 cm³/mol. The fraction of sp³-hybridized carbons (Fsp3) is 0. The second-order valence-electron chi connectivity index (χ2n) is 3.22. The summed E-state index contributed by atoms with van der Waals surface area (Å²) in [6.07, 6.45) is 0. The van der Waals surface area contributed by atoms with Crippen LogP contribution in [0, 0.1) is 0 Å². The Hall–Kier alpha value is 1.21. The van der Waals surface area contributed by atoms with Crippen LogP contribution in [0.1, 0.15) is 0 Å². The summed E-state index contributed by atoms with van der Waals surface area (Å²) in [6.45, 7) is 0. The van der Waals surface area contributed by atoms with Crippen LogP contribution in [-0.2, 0) is 0 Å². The first-order chi connectivity index (χ1) is 7.41. The van der Waals surface area contributed by atoms with Crippen molar-refractivity contribution in [3.63, 3.8) is 0 Å². The van der Waals surface area contributed by atoms with Crippen molar-refractivity contribution >= 4 is 85.8 Å². The molecule has 0 saturated carbocycles. The Bertz CT molecular complexity index is 550. The van der Waals surface area contributed by atoms with Gasteiger partial charge in [-0.1, -0.05) is 0 Å². The summed E-state index contributed by atoms with van der Waals surface area (Å²) >= 11 is 12.1. The fourth-order valence-corrected chi connectivity index (χ4v) is 9.70. The van der Waals surface area contributed by atoms with Gasteiger partial charge in [-0.05, 0) is 0 Å². The van der Waals surface area contributed by atoms with Gasteiger partial charge in [-0.3, -0.25) is 0 Å². The number of fused-ring (bicyclic) bond motifs is 1. The number of hydrogen-bond acceptors (Lipinski definition) is 1. The van der Waals surface area contributed by atoms with E-state index in [9.17, 15) is 0 Å². The number of benzene rings is 2. The van der Waals surface area contributed by atoms with Crippen molar-refractivity contribution in [1.82, 2.24) is 0 Å². The number of hydrogen-bond donors (Lipinski definition) is 1. The zero-order chi connectivity index (χ0) is 11.9. The Morgan fingerprint density at radius 1 is 1.00 bits per heavy atom. The normalized spacial score (nSPS) is 13.0. The van der Waals surface area contributed by atoms with E-state index in [1.54, 1.807) is 0 Å². The van der Waals surface area contributed by atoms with Crippen molar-refractivity contribution in [2.75, 3.05) is 5.73 Å². The molecule has 0 atom stereocenters. The van der Waals surface area contributed by atoms with E-state index >= 15 is 0 Å². The third-order valence-electron chi connectivity index (χ3n) is 2.25. The van der Waals surface area contributed by atoms with Crippen LogP contribution in [0.25, 0.3) is 10.8 Å². The maximum atomic E-state index is 6.21. The van der Waals surface area contributed by atoms with E-state index in [0.717, 1.165) is 24.5 Å². The summed E-state index contributed by atoms with van der Waals surface area (Å²) in [5, 5.41) is 2.23. The molecule has 0 aliphatic heterocycles. The fourth-order valence-electron chi connectivity index (χ4n) is 1.52. The molecule has 0 aromatic heterocycles. The van der Waals surface area contributed by atoms with Crippen molar-refractivity contribution < 1.29 is 0 Å². The van der Waals surface area contributed by atoms with Crippen LogP contribution in [0.3, 0.4) is 0 Å². The van der Waals surface area contributed by atoms with Crippen LogP contribution >= 0.6 is 54.2 Å². The molecule has 1 nitrogen and oxygen atoms in total. The van der Waals surface area contributed by atoms with Gasteiger partial charge in [0.25, 0.3) is 0 Å². The topological polar surface area (TPSA) is 26.0 Å². The molecule has 2 N–H and O–H groups in total. The number of rotatable bonds is 1. The molecule has 6 heteroatoms. The SMILES string of the molecule is Nc1c([Te](Br)(Br)Br)cc(Br)c2ccccc12. The van der Waals surface area contributed by atoms with Gasteiger partial charge in [-0.25, -0.2) is 0 Å². The van der Waals surface area contributed by atoms with Crippen molar-refractivity contribution in [3.8, 4) is 0 Å². The van der Waals surface area contributed by atoms with Crippen molar-refractivity contribution in [3.05, 3.63) is 34.8 Å². The Kier molecular flexibility index (Phi) is 4.32. The van der Waals surface area contributed by atoms with E-state index in [1.807, 2.05) is 18.2 Å². The minimum atomic E-state index is -2.48. The van der Waals surface area contributed by atoms with Gasteiger partial charge >= 0.3 is 126 Å². The third-order valence-corrected chi connectivity index (χ3v) is 12.3. The number of nitrogen functional groups attached to an aromatic ring is 1. The van der Waals surface area contributed by atoms with Crippen LogP contribution in [0.5, 0.6) is 0 Å². The van der Waals surface area contributed by atoms with Gasteiger partial charge in [0.2, 0.25) is 0 Å². The van der Waals surface area contributed by atoms with Gasteiger partial charge in [-0.15, -0.1) is 0 Å². The van der Waals surface area contributed by atoms with Gasteiger partial charge in [0.15, 0.2) is 0 Å². The molecule has 2 aromatic rings. The van der Waals surface area contributed by atoms with E-state index in [0.29, 0.717) is 0 Å².